The van der Waals surface area contributed by atoms with E-state index in [-0.39, 0.29) is 32.0 Å². The van der Waals surface area contributed by atoms with E-state index in [0.29, 0.717) is 5.56 Å². The molecular weight excluding hydrogens is 367 g/mol. The van der Waals surface area contributed by atoms with Gasteiger partial charge in [-0.2, -0.15) is 0 Å². The summed E-state index contributed by atoms with van der Waals surface area (Å²) >= 11 is 0. The Kier molecular flexibility index (Phi) is 6.31. The lowest BCUT2D eigenvalue weighted by atomic mass is 9.86. The molecule has 2 amide bonds. The number of carbonyl (C=O) groups is 3. The van der Waals surface area contributed by atoms with Crippen molar-refractivity contribution in [3.05, 3.63) is 35.6 Å². The zero-order chi connectivity index (χ0) is 21.1. The van der Waals surface area contributed by atoms with E-state index in [9.17, 15) is 18.8 Å². The first-order valence-corrected chi connectivity index (χ1v) is 9.07. The molecule has 154 valence electrons. The standard InChI is InChI=1S/C20H27FN2O5/c1-14(24)23-11-10-22(18(26)28-19(2,3)4)13-20(23,17(25)27-5)12-15-6-8-16(21)9-7-15/h6-9H,10-13H2,1-5H3. The van der Waals surface area contributed by atoms with Gasteiger partial charge in [0.1, 0.15) is 11.4 Å². The highest BCUT2D eigenvalue weighted by Crippen LogP contribution is 2.29. The van der Waals surface area contributed by atoms with Crippen LogP contribution in [0.15, 0.2) is 24.3 Å². The van der Waals surface area contributed by atoms with E-state index < -0.39 is 29.0 Å². The number of amides is 2. The Morgan fingerprint density at radius 3 is 2.25 bits per heavy atom. The quantitative estimate of drug-likeness (QED) is 0.736. The van der Waals surface area contributed by atoms with Crippen molar-refractivity contribution in [3.63, 3.8) is 0 Å². The predicted molar refractivity (Wildman–Crippen MR) is 100 cm³/mol. The van der Waals surface area contributed by atoms with Gasteiger partial charge in [-0.05, 0) is 38.5 Å². The topological polar surface area (TPSA) is 76.2 Å². The van der Waals surface area contributed by atoms with Crippen molar-refractivity contribution in [2.45, 2.75) is 45.3 Å². The summed E-state index contributed by atoms with van der Waals surface area (Å²) in [5.41, 5.74) is -1.48. The van der Waals surface area contributed by atoms with Gasteiger partial charge in [-0.3, -0.25) is 4.79 Å². The second-order valence-electron chi connectivity index (χ2n) is 7.90. The van der Waals surface area contributed by atoms with Crippen LogP contribution in [0, 0.1) is 5.82 Å². The van der Waals surface area contributed by atoms with Crippen LogP contribution in [0.25, 0.3) is 0 Å². The number of ether oxygens (including phenoxy) is 2. The SMILES string of the molecule is COC(=O)C1(Cc2ccc(F)cc2)CN(C(=O)OC(C)(C)C)CCN1C(C)=O. The molecule has 7 nitrogen and oxygen atoms in total. The fraction of sp³-hybridized carbons (Fsp3) is 0.550. The Morgan fingerprint density at radius 1 is 1.14 bits per heavy atom. The van der Waals surface area contributed by atoms with Gasteiger partial charge < -0.3 is 19.3 Å². The van der Waals surface area contributed by atoms with Crippen LogP contribution < -0.4 is 0 Å². The number of carbonyl (C=O) groups excluding carboxylic acids is 3. The monoisotopic (exact) mass is 394 g/mol. The Labute approximate surface area is 164 Å². The molecule has 1 fully saturated rings. The average Bonchev–Trinajstić information content (AvgIpc) is 2.61. The van der Waals surface area contributed by atoms with E-state index in [2.05, 4.69) is 0 Å². The molecule has 1 saturated heterocycles. The van der Waals surface area contributed by atoms with Crippen LogP contribution in [-0.4, -0.2) is 65.7 Å². The molecule has 2 rings (SSSR count). The molecule has 1 heterocycles. The molecule has 0 aromatic heterocycles. The third-order valence-corrected chi connectivity index (χ3v) is 4.57. The molecule has 28 heavy (non-hydrogen) atoms. The summed E-state index contributed by atoms with van der Waals surface area (Å²) in [5, 5.41) is 0. The maximum absolute atomic E-state index is 13.3. The van der Waals surface area contributed by atoms with Crippen LogP contribution >= 0.6 is 0 Å². The lowest BCUT2D eigenvalue weighted by Gasteiger charge is -2.48. The molecule has 1 aliphatic heterocycles. The van der Waals surface area contributed by atoms with Crippen LogP contribution in [0.2, 0.25) is 0 Å². The van der Waals surface area contributed by atoms with Crippen molar-refractivity contribution in [1.82, 2.24) is 9.80 Å². The minimum Gasteiger partial charge on any atom is -0.467 e. The first kappa shape index (κ1) is 21.7. The van der Waals surface area contributed by atoms with E-state index >= 15 is 0 Å². The first-order valence-electron chi connectivity index (χ1n) is 9.07. The van der Waals surface area contributed by atoms with Crippen LogP contribution in [0.4, 0.5) is 9.18 Å². The number of hydrogen-bond acceptors (Lipinski definition) is 5. The van der Waals surface area contributed by atoms with Crippen molar-refractivity contribution in [2.24, 2.45) is 0 Å². The fourth-order valence-electron chi connectivity index (χ4n) is 3.38. The van der Waals surface area contributed by atoms with Gasteiger partial charge in [-0.15, -0.1) is 0 Å². The highest BCUT2D eigenvalue weighted by molar-refractivity contribution is 5.89. The second-order valence-corrected chi connectivity index (χ2v) is 7.90. The van der Waals surface area contributed by atoms with E-state index in [4.69, 9.17) is 9.47 Å². The van der Waals surface area contributed by atoms with Gasteiger partial charge in [-0.25, -0.2) is 14.0 Å². The van der Waals surface area contributed by atoms with Gasteiger partial charge in [0.25, 0.3) is 0 Å². The Morgan fingerprint density at radius 2 is 1.75 bits per heavy atom. The summed E-state index contributed by atoms with van der Waals surface area (Å²) in [7, 11) is 1.24. The molecule has 0 radical (unpaired) electrons. The van der Waals surface area contributed by atoms with Crippen LogP contribution in [0.3, 0.4) is 0 Å². The van der Waals surface area contributed by atoms with Crippen LogP contribution in [-0.2, 0) is 25.5 Å². The van der Waals surface area contributed by atoms with Crippen molar-refractivity contribution in [1.29, 1.82) is 0 Å². The highest BCUT2D eigenvalue weighted by Gasteiger charge is 2.51. The van der Waals surface area contributed by atoms with Gasteiger partial charge in [0.05, 0.1) is 13.7 Å². The summed E-state index contributed by atoms with van der Waals surface area (Å²) in [6.45, 7) is 6.94. The number of piperazine rings is 1. The number of methoxy groups -OCH3 is 1. The highest BCUT2D eigenvalue weighted by atomic mass is 19.1. The largest absolute Gasteiger partial charge is 0.467 e. The third-order valence-electron chi connectivity index (χ3n) is 4.57. The minimum atomic E-state index is -1.42. The summed E-state index contributed by atoms with van der Waals surface area (Å²) in [5.74, 6) is -1.35. The van der Waals surface area contributed by atoms with E-state index in [0.717, 1.165) is 0 Å². The van der Waals surface area contributed by atoms with Crippen molar-refractivity contribution in [3.8, 4) is 0 Å². The lowest BCUT2D eigenvalue weighted by molar-refractivity contribution is -0.166. The molecule has 1 unspecified atom stereocenters. The lowest BCUT2D eigenvalue weighted by Crippen LogP contribution is -2.69. The van der Waals surface area contributed by atoms with Gasteiger partial charge in [0, 0.05) is 26.4 Å². The number of rotatable bonds is 3. The molecule has 1 aliphatic rings. The molecular formula is C20H27FN2O5. The number of nitrogens with zero attached hydrogens (tertiary/aromatic N) is 2. The molecule has 1 atom stereocenters. The molecule has 1 aromatic carbocycles. The zero-order valence-corrected chi connectivity index (χ0v) is 17.0. The Balaban J connectivity index is 2.42. The Bertz CT molecular complexity index is 744. The maximum Gasteiger partial charge on any atom is 0.410 e. The minimum absolute atomic E-state index is 0.0778. The molecule has 0 aliphatic carbocycles. The van der Waals surface area contributed by atoms with Crippen molar-refractivity contribution >= 4 is 18.0 Å². The first-order chi connectivity index (χ1) is 13.0. The van der Waals surface area contributed by atoms with Gasteiger partial charge in [0.2, 0.25) is 5.91 Å². The van der Waals surface area contributed by atoms with Gasteiger partial charge in [-0.1, -0.05) is 12.1 Å². The zero-order valence-electron chi connectivity index (χ0n) is 17.0. The summed E-state index contributed by atoms with van der Waals surface area (Å²) < 4.78 is 23.7. The normalized spacial score (nSPS) is 19.9. The smallest absolute Gasteiger partial charge is 0.410 e. The average molecular weight is 394 g/mol. The number of benzene rings is 1. The summed E-state index contributed by atoms with van der Waals surface area (Å²) in [4.78, 5) is 40.6. The molecule has 0 N–H and O–H groups in total. The number of halogens is 1. The number of hydrogen-bond donors (Lipinski definition) is 0. The molecule has 1 aromatic rings. The Hall–Kier alpha value is -2.64. The fourth-order valence-corrected chi connectivity index (χ4v) is 3.38. The molecule has 0 spiro atoms. The summed E-state index contributed by atoms with van der Waals surface area (Å²) in [6.07, 6.45) is -0.484. The van der Waals surface area contributed by atoms with Gasteiger partial charge >= 0.3 is 12.1 Å². The molecule has 0 saturated carbocycles. The second kappa shape index (κ2) is 8.16. The van der Waals surface area contributed by atoms with Gasteiger partial charge in [0.15, 0.2) is 5.54 Å². The molecule has 8 heteroatoms. The maximum atomic E-state index is 13.3. The third kappa shape index (κ3) is 4.79. The summed E-state index contributed by atoms with van der Waals surface area (Å²) in [6, 6.07) is 5.66. The van der Waals surface area contributed by atoms with Crippen molar-refractivity contribution in [2.75, 3.05) is 26.7 Å². The predicted octanol–water partition coefficient (Wildman–Crippen LogP) is 2.38. The van der Waals surface area contributed by atoms with E-state index in [1.54, 1.807) is 32.9 Å². The van der Waals surface area contributed by atoms with Crippen LogP contribution in [0.1, 0.15) is 33.3 Å². The van der Waals surface area contributed by atoms with Crippen molar-refractivity contribution < 1.29 is 28.2 Å². The van der Waals surface area contributed by atoms with Crippen LogP contribution in [0.5, 0.6) is 0 Å². The molecule has 0 bridgehead atoms. The van der Waals surface area contributed by atoms with E-state index in [1.807, 2.05) is 0 Å². The van der Waals surface area contributed by atoms with E-state index in [1.165, 1.54) is 36.0 Å². The number of esters is 1.